The van der Waals surface area contributed by atoms with E-state index in [0.29, 0.717) is 19.4 Å². The van der Waals surface area contributed by atoms with Crippen molar-refractivity contribution >= 4 is 11.9 Å². The lowest BCUT2D eigenvalue weighted by atomic mass is 9.95. The third-order valence-electron chi connectivity index (χ3n) is 4.64. The van der Waals surface area contributed by atoms with E-state index in [9.17, 15) is 14.7 Å². The Bertz CT molecular complexity index is 555. The predicted molar refractivity (Wildman–Crippen MR) is 87.4 cm³/mol. The molecule has 0 aromatic heterocycles. The lowest BCUT2D eigenvalue weighted by molar-refractivity contribution is -0.148. The fourth-order valence-electron chi connectivity index (χ4n) is 3.06. The zero-order valence-electron chi connectivity index (χ0n) is 14.0. The van der Waals surface area contributed by atoms with Crippen LogP contribution in [0.5, 0.6) is 0 Å². The molecule has 3 atom stereocenters. The first-order chi connectivity index (χ1) is 11.0. The number of carboxylic acid groups (broad SMARTS) is 1. The Morgan fingerprint density at radius 1 is 1.35 bits per heavy atom. The average molecular weight is 319 g/mol. The summed E-state index contributed by atoms with van der Waals surface area (Å²) in [6.07, 6.45) is 1.46. The molecule has 0 saturated carbocycles. The molecule has 1 N–H and O–H groups in total. The predicted octanol–water partition coefficient (Wildman–Crippen LogP) is 2.44. The smallest absolute Gasteiger partial charge is 0.326 e. The first-order valence-corrected chi connectivity index (χ1v) is 8.10. The van der Waals surface area contributed by atoms with Crippen LogP contribution < -0.4 is 0 Å². The monoisotopic (exact) mass is 319 g/mol. The Morgan fingerprint density at radius 2 is 2.00 bits per heavy atom. The number of hydrogen-bond donors (Lipinski definition) is 1. The van der Waals surface area contributed by atoms with E-state index in [1.807, 2.05) is 19.1 Å². The molecule has 1 aliphatic rings. The normalized spacial score (nSPS) is 22.1. The molecule has 5 nitrogen and oxygen atoms in total. The number of rotatable bonds is 6. The molecule has 1 saturated heterocycles. The molecule has 1 aromatic rings. The fourth-order valence-corrected chi connectivity index (χ4v) is 3.06. The van der Waals surface area contributed by atoms with Gasteiger partial charge in [0, 0.05) is 26.5 Å². The molecule has 1 amide bonds. The van der Waals surface area contributed by atoms with Gasteiger partial charge in [0.1, 0.15) is 6.04 Å². The number of carboxylic acids is 1. The van der Waals surface area contributed by atoms with Gasteiger partial charge in [-0.2, -0.15) is 0 Å². The van der Waals surface area contributed by atoms with Gasteiger partial charge < -0.3 is 14.7 Å². The highest BCUT2D eigenvalue weighted by molar-refractivity contribution is 5.84. The van der Waals surface area contributed by atoms with Gasteiger partial charge in [0.15, 0.2) is 0 Å². The quantitative estimate of drug-likeness (QED) is 0.874. The van der Waals surface area contributed by atoms with Crippen LogP contribution in [0.3, 0.4) is 0 Å². The van der Waals surface area contributed by atoms with Crippen molar-refractivity contribution in [1.82, 2.24) is 4.90 Å². The van der Waals surface area contributed by atoms with Crippen LogP contribution in [0.4, 0.5) is 0 Å². The van der Waals surface area contributed by atoms with Gasteiger partial charge in [-0.1, -0.05) is 38.1 Å². The third-order valence-corrected chi connectivity index (χ3v) is 4.64. The summed E-state index contributed by atoms with van der Waals surface area (Å²) in [7, 11) is 1.55. The molecule has 0 radical (unpaired) electrons. The Balaban J connectivity index is 2.03. The summed E-state index contributed by atoms with van der Waals surface area (Å²) in [5.74, 6) is -1.02. The van der Waals surface area contributed by atoms with Crippen LogP contribution in [0.15, 0.2) is 24.3 Å². The molecular weight excluding hydrogens is 294 g/mol. The van der Waals surface area contributed by atoms with Crippen LogP contribution >= 0.6 is 0 Å². The van der Waals surface area contributed by atoms with Gasteiger partial charge in [-0.05, 0) is 23.5 Å². The lowest BCUT2D eigenvalue weighted by Gasteiger charge is -2.23. The van der Waals surface area contributed by atoms with E-state index in [1.54, 1.807) is 7.11 Å². The number of carbonyl (C=O) groups is 2. The summed E-state index contributed by atoms with van der Waals surface area (Å²) in [6.45, 7) is 4.46. The number of aliphatic carboxylic acids is 1. The third kappa shape index (κ3) is 4.10. The highest BCUT2D eigenvalue weighted by Gasteiger charge is 2.39. The number of benzene rings is 1. The van der Waals surface area contributed by atoms with Crippen LogP contribution in [-0.4, -0.2) is 47.7 Å². The number of likely N-dealkylation sites (tertiary alicyclic amines) is 1. The number of methoxy groups -OCH3 is 1. The summed E-state index contributed by atoms with van der Waals surface area (Å²) in [5, 5.41) is 9.31. The van der Waals surface area contributed by atoms with E-state index in [0.717, 1.165) is 12.0 Å². The van der Waals surface area contributed by atoms with Crippen molar-refractivity contribution in [1.29, 1.82) is 0 Å². The van der Waals surface area contributed by atoms with E-state index in [2.05, 4.69) is 19.1 Å². The number of nitrogens with zero attached hydrogens (tertiary/aromatic N) is 1. The van der Waals surface area contributed by atoms with Crippen molar-refractivity contribution in [2.45, 2.75) is 51.2 Å². The Labute approximate surface area is 137 Å². The maximum Gasteiger partial charge on any atom is 0.326 e. The molecular formula is C18H25NO4. The molecule has 3 unspecified atom stereocenters. The number of aryl methyl sites for hydroxylation is 1. The van der Waals surface area contributed by atoms with E-state index in [4.69, 9.17) is 4.74 Å². The average Bonchev–Trinajstić information content (AvgIpc) is 2.99. The van der Waals surface area contributed by atoms with E-state index in [-0.39, 0.29) is 17.9 Å². The van der Waals surface area contributed by atoms with Gasteiger partial charge in [0.25, 0.3) is 0 Å². The van der Waals surface area contributed by atoms with Gasteiger partial charge in [-0.3, -0.25) is 4.79 Å². The molecule has 1 aliphatic heterocycles. The molecule has 1 aromatic carbocycles. The van der Waals surface area contributed by atoms with Gasteiger partial charge in [0.05, 0.1) is 6.10 Å². The minimum absolute atomic E-state index is 0.0597. The second-order valence-corrected chi connectivity index (χ2v) is 6.19. The van der Waals surface area contributed by atoms with Gasteiger partial charge in [-0.25, -0.2) is 4.79 Å². The molecule has 126 valence electrons. The topological polar surface area (TPSA) is 66.8 Å². The lowest BCUT2D eigenvalue weighted by Crippen LogP contribution is -2.41. The molecule has 2 rings (SSSR count). The Hall–Kier alpha value is -1.88. The Kier molecular flexibility index (Phi) is 5.77. The molecule has 0 spiro atoms. The maximum absolute atomic E-state index is 12.5. The summed E-state index contributed by atoms with van der Waals surface area (Å²) in [5.41, 5.74) is 2.37. The zero-order chi connectivity index (χ0) is 17.0. The first-order valence-electron chi connectivity index (χ1n) is 8.10. The van der Waals surface area contributed by atoms with E-state index >= 15 is 0 Å². The standard InChI is InChI=1S/C18H25NO4/c1-4-13-5-7-14(8-6-13)12(2)9-17(20)19-11-15(23-3)10-16(19)18(21)22/h5-8,12,15-16H,4,9-11H2,1-3H3,(H,21,22). The second-order valence-electron chi connectivity index (χ2n) is 6.19. The summed E-state index contributed by atoms with van der Waals surface area (Å²) in [4.78, 5) is 25.3. The highest BCUT2D eigenvalue weighted by Crippen LogP contribution is 2.25. The van der Waals surface area contributed by atoms with Crippen LogP contribution in [-0.2, 0) is 20.7 Å². The second kappa shape index (κ2) is 7.59. The van der Waals surface area contributed by atoms with Crippen molar-refractivity contribution in [2.24, 2.45) is 0 Å². The number of hydrogen-bond acceptors (Lipinski definition) is 3. The van der Waals surface area contributed by atoms with Gasteiger partial charge in [0.2, 0.25) is 5.91 Å². The maximum atomic E-state index is 12.5. The highest BCUT2D eigenvalue weighted by atomic mass is 16.5. The van der Waals surface area contributed by atoms with Crippen molar-refractivity contribution in [3.8, 4) is 0 Å². The van der Waals surface area contributed by atoms with E-state index < -0.39 is 12.0 Å². The zero-order valence-corrected chi connectivity index (χ0v) is 14.0. The minimum atomic E-state index is -0.960. The molecule has 1 fully saturated rings. The van der Waals surface area contributed by atoms with Gasteiger partial charge >= 0.3 is 5.97 Å². The van der Waals surface area contributed by atoms with Crippen LogP contribution in [0.25, 0.3) is 0 Å². The largest absolute Gasteiger partial charge is 0.480 e. The van der Waals surface area contributed by atoms with Crippen molar-refractivity contribution in [3.05, 3.63) is 35.4 Å². The van der Waals surface area contributed by atoms with Crippen molar-refractivity contribution < 1.29 is 19.4 Å². The van der Waals surface area contributed by atoms with Crippen molar-refractivity contribution in [2.75, 3.05) is 13.7 Å². The summed E-state index contributed by atoms with van der Waals surface area (Å²) in [6, 6.07) is 7.48. The summed E-state index contributed by atoms with van der Waals surface area (Å²) < 4.78 is 5.23. The number of ether oxygens (including phenoxy) is 1. The number of carbonyl (C=O) groups excluding carboxylic acids is 1. The van der Waals surface area contributed by atoms with Crippen LogP contribution in [0, 0.1) is 0 Å². The fraction of sp³-hybridized carbons (Fsp3) is 0.556. The summed E-state index contributed by atoms with van der Waals surface area (Å²) >= 11 is 0. The van der Waals surface area contributed by atoms with Crippen LogP contribution in [0.2, 0.25) is 0 Å². The first kappa shape index (κ1) is 17.5. The molecule has 5 heteroatoms. The van der Waals surface area contributed by atoms with E-state index in [1.165, 1.54) is 10.5 Å². The number of amides is 1. The Morgan fingerprint density at radius 3 is 2.52 bits per heavy atom. The molecule has 0 bridgehead atoms. The SMILES string of the molecule is CCc1ccc(C(C)CC(=O)N2CC(OC)CC2C(=O)O)cc1. The molecule has 0 aliphatic carbocycles. The van der Waals surface area contributed by atoms with Gasteiger partial charge in [-0.15, -0.1) is 0 Å². The minimum Gasteiger partial charge on any atom is -0.480 e. The van der Waals surface area contributed by atoms with Crippen molar-refractivity contribution in [3.63, 3.8) is 0 Å². The van der Waals surface area contributed by atoms with Crippen LogP contribution in [0.1, 0.15) is 43.7 Å². The molecule has 1 heterocycles. The molecule has 23 heavy (non-hydrogen) atoms.